The first kappa shape index (κ1) is 18.6. The Morgan fingerprint density at radius 2 is 2.00 bits per heavy atom. The lowest BCUT2D eigenvalue weighted by molar-refractivity contribution is -0.147. The first-order chi connectivity index (χ1) is 14.0. The number of amides is 1. The van der Waals surface area contributed by atoms with Crippen LogP contribution in [0.15, 0.2) is 35.1 Å². The van der Waals surface area contributed by atoms with E-state index in [-0.39, 0.29) is 22.3 Å². The Morgan fingerprint density at radius 3 is 2.72 bits per heavy atom. The standard InChI is InChI=1S/C23H28N4O2/c1-16-25-19-18(20(28)26-16)8-10-22(19)9-5-11-27(15-22)21(29)23(13-24-14-23)12-17-6-3-2-4-7-17/h2-4,6-7,24H,5,8-15H2,1H3,(H,25,26,28). The van der Waals surface area contributed by atoms with Crippen LogP contribution in [0.25, 0.3) is 0 Å². The van der Waals surface area contributed by atoms with E-state index in [9.17, 15) is 9.59 Å². The van der Waals surface area contributed by atoms with Crippen LogP contribution in [-0.4, -0.2) is 47.0 Å². The van der Waals surface area contributed by atoms with Crippen molar-refractivity contribution in [1.82, 2.24) is 20.2 Å². The topological polar surface area (TPSA) is 78.1 Å². The Balaban J connectivity index is 1.42. The number of aromatic nitrogens is 2. The van der Waals surface area contributed by atoms with Gasteiger partial charge >= 0.3 is 0 Å². The Hall–Kier alpha value is -2.47. The molecule has 1 atom stereocenters. The van der Waals surface area contributed by atoms with E-state index < -0.39 is 0 Å². The van der Waals surface area contributed by atoms with Gasteiger partial charge in [-0.05, 0) is 44.6 Å². The van der Waals surface area contributed by atoms with Crippen LogP contribution in [0.2, 0.25) is 0 Å². The molecule has 3 aliphatic rings. The number of piperidine rings is 1. The lowest BCUT2D eigenvalue weighted by Crippen LogP contribution is -2.65. The number of aromatic amines is 1. The predicted octanol–water partition coefficient (Wildman–Crippen LogP) is 1.72. The summed E-state index contributed by atoms with van der Waals surface area (Å²) in [7, 11) is 0. The summed E-state index contributed by atoms with van der Waals surface area (Å²) in [6.45, 7) is 4.80. The molecule has 0 bridgehead atoms. The summed E-state index contributed by atoms with van der Waals surface area (Å²) >= 11 is 0. The van der Waals surface area contributed by atoms with E-state index in [2.05, 4.69) is 27.3 Å². The molecular formula is C23H28N4O2. The molecule has 1 spiro atoms. The summed E-state index contributed by atoms with van der Waals surface area (Å²) in [5.74, 6) is 0.927. The Labute approximate surface area is 170 Å². The van der Waals surface area contributed by atoms with Crippen LogP contribution >= 0.6 is 0 Å². The van der Waals surface area contributed by atoms with Gasteiger partial charge in [0.2, 0.25) is 5.91 Å². The molecule has 29 heavy (non-hydrogen) atoms. The summed E-state index contributed by atoms with van der Waals surface area (Å²) in [5.41, 5.74) is 2.47. The average molecular weight is 393 g/mol. The van der Waals surface area contributed by atoms with E-state index in [1.807, 2.05) is 25.1 Å². The van der Waals surface area contributed by atoms with Crippen molar-refractivity contribution in [2.24, 2.45) is 5.41 Å². The highest BCUT2D eigenvalue weighted by Crippen LogP contribution is 2.44. The SMILES string of the molecule is Cc1nc2c(c(=O)[nH]1)CCC21CCCN(C(=O)C2(Cc3ccccc3)CNC2)C1. The van der Waals surface area contributed by atoms with Crippen LogP contribution in [0.5, 0.6) is 0 Å². The molecule has 2 saturated heterocycles. The number of hydrogen-bond acceptors (Lipinski definition) is 4. The minimum Gasteiger partial charge on any atom is -0.341 e. The van der Waals surface area contributed by atoms with E-state index in [0.717, 1.165) is 63.0 Å². The van der Waals surface area contributed by atoms with Crippen LogP contribution in [0.1, 0.15) is 41.9 Å². The number of carbonyl (C=O) groups excluding carboxylic acids is 1. The maximum absolute atomic E-state index is 13.7. The maximum atomic E-state index is 13.7. The highest BCUT2D eigenvalue weighted by atomic mass is 16.2. The first-order valence-electron chi connectivity index (χ1n) is 10.7. The fourth-order valence-corrected chi connectivity index (χ4v) is 5.57. The zero-order valence-corrected chi connectivity index (χ0v) is 17.0. The molecule has 152 valence electrons. The fourth-order valence-electron chi connectivity index (χ4n) is 5.57. The number of hydrogen-bond donors (Lipinski definition) is 2. The number of rotatable bonds is 3. The van der Waals surface area contributed by atoms with Gasteiger partial charge in [0, 0.05) is 37.2 Å². The van der Waals surface area contributed by atoms with Gasteiger partial charge in [0.25, 0.3) is 5.56 Å². The smallest absolute Gasteiger partial charge is 0.254 e. The van der Waals surface area contributed by atoms with Crippen molar-refractivity contribution in [2.75, 3.05) is 26.2 Å². The van der Waals surface area contributed by atoms with Crippen molar-refractivity contribution in [3.8, 4) is 0 Å². The zero-order chi connectivity index (χ0) is 20.1. The number of benzene rings is 1. The molecule has 2 fully saturated rings. The maximum Gasteiger partial charge on any atom is 0.254 e. The summed E-state index contributed by atoms with van der Waals surface area (Å²) in [6, 6.07) is 10.3. The molecule has 2 aromatic rings. The number of likely N-dealkylation sites (tertiary alicyclic amines) is 1. The highest BCUT2D eigenvalue weighted by molar-refractivity contribution is 5.85. The molecular weight excluding hydrogens is 364 g/mol. The molecule has 1 amide bonds. The monoisotopic (exact) mass is 392 g/mol. The summed E-state index contributed by atoms with van der Waals surface area (Å²) in [5, 5.41) is 3.33. The second-order valence-corrected chi connectivity index (χ2v) is 9.14. The average Bonchev–Trinajstić information content (AvgIpc) is 3.03. The quantitative estimate of drug-likeness (QED) is 0.834. The van der Waals surface area contributed by atoms with Crippen LogP contribution in [0.4, 0.5) is 0 Å². The van der Waals surface area contributed by atoms with Gasteiger partial charge in [0.15, 0.2) is 0 Å². The number of nitrogens with zero attached hydrogens (tertiary/aromatic N) is 2. The lowest BCUT2D eigenvalue weighted by Gasteiger charge is -2.48. The zero-order valence-electron chi connectivity index (χ0n) is 17.0. The second-order valence-electron chi connectivity index (χ2n) is 9.14. The van der Waals surface area contributed by atoms with Gasteiger partial charge in [-0.3, -0.25) is 9.59 Å². The van der Waals surface area contributed by atoms with Crippen LogP contribution in [0, 0.1) is 12.3 Å². The van der Waals surface area contributed by atoms with Crippen molar-refractivity contribution in [3.63, 3.8) is 0 Å². The van der Waals surface area contributed by atoms with E-state index in [1.54, 1.807) is 0 Å². The minimum atomic E-state index is -0.348. The van der Waals surface area contributed by atoms with Crippen molar-refractivity contribution in [2.45, 2.75) is 44.4 Å². The lowest BCUT2D eigenvalue weighted by atomic mass is 9.72. The normalized spacial score (nSPS) is 24.9. The van der Waals surface area contributed by atoms with Crippen LogP contribution in [-0.2, 0) is 23.1 Å². The molecule has 6 heteroatoms. The predicted molar refractivity (Wildman–Crippen MR) is 111 cm³/mol. The molecule has 1 aromatic heterocycles. The fraction of sp³-hybridized carbons (Fsp3) is 0.522. The Morgan fingerprint density at radius 1 is 1.21 bits per heavy atom. The number of fused-ring (bicyclic) bond motifs is 2. The van der Waals surface area contributed by atoms with Crippen molar-refractivity contribution in [1.29, 1.82) is 0 Å². The van der Waals surface area contributed by atoms with Gasteiger partial charge in [-0.1, -0.05) is 30.3 Å². The highest BCUT2D eigenvalue weighted by Gasteiger charge is 2.51. The number of carbonyl (C=O) groups is 1. The molecule has 3 heterocycles. The van der Waals surface area contributed by atoms with E-state index in [1.165, 1.54) is 5.56 Å². The van der Waals surface area contributed by atoms with Gasteiger partial charge < -0.3 is 15.2 Å². The molecule has 2 aliphatic heterocycles. The molecule has 1 aliphatic carbocycles. The van der Waals surface area contributed by atoms with E-state index in [0.29, 0.717) is 12.4 Å². The van der Waals surface area contributed by atoms with Crippen molar-refractivity contribution in [3.05, 3.63) is 63.3 Å². The molecule has 6 nitrogen and oxygen atoms in total. The van der Waals surface area contributed by atoms with Crippen molar-refractivity contribution < 1.29 is 4.79 Å². The molecule has 1 unspecified atom stereocenters. The third-order valence-electron chi connectivity index (χ3n) is 7.12. The number of nitrogens with one attached hydrogen (secondary N) is 2. The van der Waals surface area contributed by atoms with E-state index in [4.69, 9.17) is 4.98 Å². The summed E-state index contributed by atoms with van der Waals surface area (Å²) in [6.07, 6.45) is 4.42. The van der Waals surface area contributed by atoms with Gasteiger partial charge in [-0.15, -0.1) is 0 Å². The molecule has 1 aromatic carbocycles. The Kier molecular flexibility index (Phi) is 4.35. The van der Waals surface area contributed by atoms with Crippen LogP contribution in [0.3, 0.4) is 0 Å². The molecule has 0 radical (unpaired) electrons. The molecule has 5 rings (SSSR count). The van der Waals surface area contributed by atoms with Gasteiger partial charge in [0.05, 0.1) is 11.1 Å². The van der Waals surface area contributed by atoms with Crippen molar-refractivity contribution >= 4 is 5.91 Å². The second kappa shape index (κ2) is 6.80. The Bertz CT molecular complexity index is 996. The van der Waals surface area contributed by atoms with Gasteiger partial charge in [-0.25, -0.2) is 4.98 Å². The summed E-state index contributed by atoms with van der Waals surface area (Å²) < 4.78 is 0. The minimum absolute atomic E-state index is 0.00318. The van der Waals surface area contributed by atoms with Crippen LogP contribution < -0.4 is 10.9 Å². The first-order valence-corrected chi connectivity index (χ1v) is 10.7. The molecule has 2 N–H and O–H groups in total. The summed E-state index contributed by atoms with van der Waals surface area (Å²) in [4.78, 5) is 35.8. The third-order valence-corrected chi connectivity index (χ3v) is 7.12. The third kappa shape index (κ3) is 3.01. The number of H-pyrrole nitrogens is 1. The van der Waals surface area contributed by atoms with E-state index >= 15 is 0 Å². The largest absolute Gasteiger partial charge is 0.341 e. The van der Waals surface area contributed by atoms with Gasteiger partial charge in [0.1, 0.15) is 5.82 Å². The number of aryl methyl sites for hydroxylation is 1. The van der Waals surface area contributed by atoms with Gasteiger partial charge in [-0.2, -0.15) is 0 Å². The molecule has 0 saturated carbocycles.